The first-order valence-electron chi connectivity index (χ1n) is 10.7. The number of ether oxygens (including phenoxy) is 2. The molecule has 166 valence electrons. The second-order valence-electron chi connectivity index (χ2n) is 8.19. The number of hydrogen-bond acceptors (Lipinski definition) is 8. The fourth-order valence-electron chi connectivity index (χ4n) is 4.09. The summed E-state index contributed by atoms with van der Waals surface area (Å²) in [6.07, 6.45) is 2.26. The van der Waals surface area contributed by atoms with Gasteiger partial charge in [0.1, 0.15) is 11.9 Å². The van der Waals surface area contributed by atoms with Crippen molar-refractivity contribution in [3.8, 4) is 5.75 Å². The van der Waals surface area contributed by atoms with E-state index in [1.807, 2.05) is 18.2 Å². The summed E-state index contributed by atoms with van der Waals surface area (Å²) in [5.74, 6) is 1.29. The van der Waals surface area contributed by atoms with Crippen molar-refractivity contribution >= 4 is 34.3 Å². The third-order valence-corrected chi connectivity index (χ3v) is 5.84. The van der Waals surface area contributed by atoms with Crippen LogP contribution in [0.5, 0.6) is 5.75 Å². The Morgan fingerprint density at radius 1 is 1.28 bits per heavy atom. The summed E-state index contributed by atoms with van der Waals surface area (Å²) in [5.41, 5.74) is 5.18. The van der Waals surface area contributed by atoms with Crippen molar-refractivity contribution < 1.29 is 14.3 Å². The third kappa shape index (κ3) is 4.24. The van der Waals surface area contributed by atoms with E-state index in [9.17, 15) is 4.79 Å². The van der Waals surface area contributed by atoms with Crippen LogP contribution in [0.4, 0.5) is 22.1 Å². The van der Waals surface area contributed by atoms with Gasteiger partial charge in [0.15, 0.2) is 0 Å². The number of aromatic nitrogens is 2. The minimum atomic E-state index is -0.372. The van der Waals surface area contributed by atoms with Gasteiger partial charge in [0.2, 0.25) is 5.95 Å². The van der Waals surface area contributed by atoms with E-state index in [1.165, 1.54) is 11.1 Å². The molecule has 9 heteroatoms. The van der Waals surface area contributed by atoms with Crippen LogP contribution in [0, 0.1) is 0 Å². The lowest BCUT2D eigenvalue weighted by molar-refractivity contribution is 0.145. The van der Waals surface area contributed by atoms with Gasteiger partial charge in [0, 0.05) is 30.4 Å². The number of methoxy groups -OCH3 is 1. The number of anilines is 3. The van der Waals surface area contributed by atoms with Crippen molar-refractivity contribution in [1.29, 1.82) is 0 Å². The van der Waals surface area contributed by atoms with Crippen LogP contribution in [0.3, 0.4) is 0 Å². The van der Waals surface area contributed by atoms with Crippen molar-refractivity contribution in [2.45, 2.75) is 19.1 Å². The lowest BCUT2D eigenvalue weighted by Gasteiger charge is -2.26. The average molecular weight is 435 g/mol. The van der Waals surface area contributed by atoms with Crippen molar-refractivity contribution in [2.24, 2.45) is 0 Å². The van der Waals surface area contributed by atoms with Crippen LogP contribution in [0.2, 0.25) is 0 Å². The highest BCUT2D eigenvalue weighted by Gasteiger charge is 2.22. The summed E-state index contributed by atoms with van der Waals surface area (Å²) < 4.78 is 10.8. The Labute approximate surface area is 186 Å². The molecule has 2 aliphatic heterocycles. The van der Waals surface area contributed by atoms with Gasteiger partial charge in [-0.05, 0) is 54.9 Å². The number of cyclic esters (lactones) is 1. The zero-order valence-corrected chi connectivity index (χ0v) is 18.1. The van der Waals surface area contributed by atoms with Crippen molar-refractivity contribution in [2.75, 3.05) is 44.4 Å². The highest BCUT2D eigenvalue weighted by atomic mass is 16.6. The van der Waals surface area contributed by atoms with Crippen LogP contribution in [0.25, 0.3) is 10.9 Å². The molecule has 1 amide bonds. The zero-order chi connectivity index (χ0) is 22.1. The number of carbonyl (C=O) groups is 1. The van der Waals surface area contributed by atoms with E-state index in [1.54, 1.807) is 13.3 Å². The topological polar surface area (TPSA) is 101 Å². The normalized spacial score (nSPS) is 18.1. The Bertz CT molecular complexity index is 1170. The second kappa shape index (κ2) is 8.51. The number of likely N-dealkylation sites (N-methyl/N-ethyl adjacent to an activating group) is 1. The molecule has 2 aromatic carbocycles. The monoisotopic (exact) mass is 434 g/mol. The number of benzene rings is 2. The van der Waals surface area contributed by atoms with E-state index in [0.717, 1.165) is 47.5 Å². The van der Waals surface area contributed by atoms with Gasteiger partial charge in [-0.2, -0.15) is 0 Å². The molecule has 0 radical (unpaired) electrons. The molecule has 0 aliphatic carbocycles. The Morgan fingerprint density at radius 2 is 2.19 bits per heavy atom. The Balaban J connectivity index is 1.36. The van der Waals surface area contributed by atoms with E-state index >= 15 is 0 Å². The van der Waals surface area contributed by atoms with Gasteiger partial charge >= 0.3 is 6.09 Å². The lowest BCUT2D eigenvalue weighted by Crippen LogP contribution is -2.26. The largest absolute Gasteiger partial charge is 0.495 e. The molecule has 1 atom stereocenters. The molecule has 1 saturated heterocycles. The summed E-state index contributed by atoms with van der Waals surface area (Å²) >= 11 is 0. The molecule has 1 aromatic heterocycles. The maximum absolute atomic E-state index is 11.2. The predicted molar refractivity (Wildman–Crippen MR) is 123 cm³/mol. The molecule has 1 unspecified atom stereocenters. The van der Waals surface area contributed by atoms with Crippen LogP contribution < -0.4 is 20.7 Å². The second-order valence-corrected chi connectivity index (χ2v) is 8.19. The molecule has 2 aliphatic rings. The molecule has 3 aromatic rings. The average Bonchev–Trinajstić information content (AvgIpc) is 3.22. The van der Waals surface area contributed by atoms with Crippen LogP contribution in [-0.2, 0) is 17.7 Å². The first kappa shape index (κ1) is 20.3. The molecule has 5 rings (SSSR count). The minimum absolute atomic E-state index is 0.184. The van der Waals surface area contributed by atoms with Crippen molar-refractivity contribution in [3.05, 3.63) is 47.7 Å². The van der Waals surface area contributed by atoms with Gasteiger partial charge in [-0.3, -0.25) is 0 Å². The molecule has 3 N–H and O–H groups in total. The van der Waals surface area contributed by atoms with Crippen LogP contribution in [0.15, 0.2) is 36.5 Å². The number of nitrogens with one attached hydrogen (secondary N) is 3. The summed E-state index contributed by atoms with van der Waals surface area (Å²) in [5, 5.41) is 10.2. The van der Waals surface area contributed by atoms with Gasteiger partial charge in [0.05, 0.1) is 31.4 Å². The standard InChI is InChI=1S/C23H26N6O3/c1-29-6-5-14-8-21(31-2)20(7-16(14)13-29)28-22-25-10-15-3-4-17(9-19(15)27-22)24-11-18-12-26-23(30)32-18/h3-4,7-10,18,24H,5-6,11-13H2,1-2H3,(H,26,30)(H,25,27,28). The number of fused-ring (bicyclic) bond motifs is 2. The predicted octanol–water partition coefficient (Wildman–Crippen LogP) is 2.89. The van der Waals surface area contributed by atoms with Crippen molar-refractivity contribution in [1.82, 2.24) is 20.2 Å². The summed E-state index contributed by atoms with van der Waals surface area (Å²) in [4.78, 5) is 22.7. The highest BCUT2D eigenvalue weighted by molar-refractivity contribution is 5.83. The molecule has 0 spiro atoms. The Morgan fingerprint density at radius 3 is 3.00 bits per heavy atom. The number of alkyl carbamates (subject to hydrolysis) is 1. The molecular formula is C23H26N6O3. The van der Waals surface area contributed by atoms with E-state index in [4.69, 9.17) is 14.5 Å². The number of hydrogen-bond donors (Lipinski definition) is 3. The molecule has 3 heterocycles. The zero-order valence-electron chi connectivity index (χ0n) is 18.1. The first-order chi connectivity index (χ1) is 15.6. The molecule has 0 saturated carbocycles. The molecular weight excluding hydrogens is 408 g/mol. The maximum Gasteiger partial charge on any atom is 0.407 e. The molecule has 0 bridgehead atoms. The Kier molecular flexibility index (Phi) is 5.40. The van der Waals surface area contributed by atoms with Gasteiger partial charge in [-0.15, -0.1) is 0 Å². The molecule has 9 nitrogen and oxygen atoms in total. The maximum atomic E-state index is 11.2. The van der Waals surface area contributed by atoms with Gasteiger partial charge < -0.3 is 30.3 Å². The van der Waals surface area contributed by atoms with Crippen molar-refractivity contribution in [3.63, 3.8) is 0 Å². The van der Waals surface area contributed by atoms with E-state index in [2.05, 4.69) is 45.0 Å². The molecule has 1 fully saturated rings. The summed E-state index contributed by atoms with van der Waals surface area (Å²) in [7, 11) is 3.81. The highest BCUT2D eigenvalue weighted by Crippen LogP contribution is 2.33. The van der Waals surface area contributed by atoms with E-state index in [-0.39, 0.29) is 12.2 Å². The smallest absolute Gasteiger partial charge is 0.407 e. The number of nitrogens with zero attached hydrogens (tertiary/aromatic N) is 3. The number of amides is 1. The van der Waals surface area contributed by atoms with Gasteiger partial charge in [-0.25, -0.2) is 14.8 Å². The van der Waals surface area contributed by atoms with Crippen LogP contribution in [0.1, 0.15) is 11.1 Å². The fraction of sp³-hybridized carbons (Fsp3) is 0.348. The van der Waals surface area contributed by atoms with E-state index in [0.29, 0.717) is 19.0 Å². The van der Waals surface area contributed by atoms with Crippen LogP contribution >= 0.6 is 0 Å². The summed E-state index contributed by atoms with van der Waals surface area (Å²) in [6, 6.07) is 10.1. The van der Waals surface area contributed by atoms with Gasteiger partial charge in [0.25, 0.3) is 0 Å². The Hall–Kier alpha value is -3.59. The minimum Gasteiger partial charge on any atom is -0.495 e. The third-order valence-electron chi connectivity index (χ3n) is 5.84. The van der Waals surface area contributed by atoms with Gasteiger partial charge in [-0.1, -0.05) is 0 Å². The lowest BCUT2D eigenvalue weighted by atomic mass is 9.99. The quantitative estimate of drug-likeness (QED) is 0.545. The summed E-state index contributed by atoms with van der Waals surface area (Å²) in [6.45, 7) is 3.00. The fourth-order valence-corrected chi connectivity index (χ4v) is 4.09. The first-order valence-corrected chi connectivity index (χ1v) is 10.7. The number of rotatable bonds is 6. The number of carbonyl (C=O) groups excluding carboxylic acids is 1. The van der Waals surface area contributed by atoms with Crippen LogP contribution in [-0.4, -0.2) is 60.9 Å². The molecule has 32 heavy (non-hydrogen) atoms. The SMILES string of the molecule is COc1cc2c(cc1Nc1ncc3ccc(NCC4CNC(=O)O4)cc3n1)CN(C)CC2. The van der Waals surface area contributed by atoms with E-state index < -0.39 is 0 Å².